The van der Waals surface area contributed by atoms with Gasteiger partial charge in [0.15, 0.2) is 0 Å². The van der Waals surface area contributed by atoms with Crippen molar-refractivity contribution in [2.24, 2.45) is 5.92 Å². The Bertz CT molecular complexity index is 376. The van der Waals surface area contributed by atoms with Gasteiger partial charge in [0.25, 0.3) is 0 Å². The molecule has 1 aromatic rings. The van der Waals surface area contributed by atoms with Gasteiger partial charge in [-0.15, -0.1) is 0 Å². The van der Waals surface area contributed by atoms with Gasteiger partial charge in [-0.3, -0.25) is 0 Å². The molecule has 94 valence electrons. The molecular weight excluding hydrogens is 234 g/mol. The van der Waals surface area contributed by atoms with Gasteiger partial charge in [-0.1, -0.05) is 24.6 Å². The lowest BCUT2D eigenvalue weighted by atomic mass is 10.1. The lowest BCUT2D eigenvalue weighted by Crippen LogP contribution is -2.30. The Morgan fingerprint density at radius 1 is 1.47 bits per heavy atom. The maximum absolute atomic E-state index is 6.21. The highest BCUT2D eigenvalue weighted by molar-refractivity contribution is 6.31. The molecule has 0 radical (unpaired) electrons. The molecule has 0 spiro atoms. The van der Waals surface area contributed by atoms with Gasteiger partial charge in [0, 0.05) is 23.2 Å². The second-order valence-electron chi connectivity index (χ2n) is 4.65. The molecule has 0 aromatic heterocycles. The van der Waals surface area contributed by atoms with Gasteiger partial charge in [0.05, 0.1) is 7.11 Å². The minimum Gasteiger partial charge on any atom is -0.496 e. The summed E-state index contributed by atoms with van der Waals surface area (Å²) in [4.78, 5) is 0. The third kappa shape index (κ3) is 3.14. The van der Waals surface area contributed by atoms with Crippen molar-refractivity contribution in [2.75, 3.05) is 7.11 Å². The van der Waals surface area contributed by atoms with Crippen LogP contribution in [0.15, 0.2) is 18.2 Å². The molecule has 3 heteroatoms. The molecule has 0 bridgehead atoms. The van der Waals surface area contributed by atoms with E-state index in [4.69, 9.17) is 16.3 Å². The summed E-state index contributed by atoms with van der Waals surface area (Å²) in [6, 6.07) is 6.42. The van der Waals surface area contributed by atoms with Crippen molar-refractivity contribution in [1.29, 1.82) is 0 Å². The molecule has 1 aliphatic rings. The summed E-state index contributed by atoms with van der Waals surface area (Å²) >= 11 is 6.21. The molecule has 1 fully saturated rings. The van der Waals surface area contributed by atoms with E-state index in [0.717, 1.165) is 28.8 Å². The van der Waals surface area contributed by atoms with Crippen molar-refractivity contribution in [3.05, 3.63) is 28.8 Å². The average molecular weight is 254 g/mol. The topological polar surface area (TPSA) is 21.3 Å². The molecule has 0 amide bonds. The Labute approximate surface area is 108 Å². The molecule has 1 unspecified atom stereocenters. The first-order valence-electron chi connectivity index (χ1n) is 6.31. The average Bonchev–Trinajstić information content (AvgIpc) is 3.16. The quantitative estimate of drug-likeness (QED) is 0.836. The van der Waals surface area contributed by atoms with E-state index in [1.165, 1.54) is 19.3 Å². The molecule has 1 aromatic carbocycles. The highest BCUT2D eigenvalue weighted by Gasteiger charge is 2.29. The minimum absolute atomic E-state index is 0.621. The van der Waals surface area contributed by atoms with Crippen LogP contribution in [-0.2, 0) is 6.54 Å². The van der Waals surface area contributed by atoms with Crippen molar-refractivity contribution < 1.29 is 4.74 Å². The number of hydrogen-bond donors (Lipinski definition) is 1. The Balaban J connectivity index is 2.02. The van der Waals surface area contributed by atoms with Crippen LogP contribution in [0.2, 0.25) is 5.02 Å². The van der Waals surface area contributed by atoms with Crippen LogP contribution in [0.5, 0.6) is 5.75 Å². The molecule has 17 heavy (non-hydrogen) atoms. The van der Waals surface area contributed by atoms with Gasteiger partial charge >= 0.3 is 0 Å². The zero-order chi connectivity index (χ0) is 12.3. The van der Waals surface area contributed by atoms with Crippen LogP contribution in [-0.4, -0.2) is 13.2 Å². The maximum atomic E-state index is 6.21. The van der Waals surface area contributed by atoms with Crippen LogP contribution >= 0.6 is 11.6 Å². The maximum Gasteiger partial charge on any atom is 0.124 e. The summed E-state index contributed by atoms with van der Waals surface area (Å²) in [5, 5.41) is 4.38. The van der Waals surface area contributed by atoms with Crippen molar-refractivity contribution in [3.63, 3.8) is 0 Å². The van der Waals surface area contributed by atoms with Crippen LogP contribution in [0.1, 0.15) is 31.7 Å². The van der Waals surface area contributed by atoms with Gasteiger partial charge < -0.3 is 10.1 Å². The van der Waals surface area contributed by atoms with E-state index in [1.54, 1.807) is 7.11 Å². The van der Waals surface area contributed by atoms with Crippen molar-refractivity contribution in [3.8, 4) is 5.75 Å². The number of hydrogen-bond acceptors (Lipinski definition) is 2. The molecule has 2 nitrogen and oxygen atoms in total. The first kappa shape index (κ1) is 12.7. The lowest BCUT2D eigenvalue weighted by molar-refractivity contribution is 0.399. The fourth-order valence-corrected chi connectivity index (χ4v) is 2.51. The molecular formula is C14H20ClNO. The first-order chi connectivity index (χ1) is 8.26. The third-order valence-electron chi connectivity index (χ3n) is 3.47. The third-order valence-corrected chi connectivity index (χ3v) is 3.82. The van der Waals surface area contributed by atoms with Crippen molar-refractivity contribution in [1.82, 2.24) is 5.32 Å². The van der Waals surface area contributed by atoms with Gasteiger partial charge in [0.2, 0.25) is 0 Å². The SMILES string of the molecule is CCC(NCc1c(Cl)cccc1OC)C1CC1. The number of ether oxygens (including phenoxy) is 1. The zero-order valence-electron chi connectivity index (χ0n) is 10.5. The molecule has 2 rings (SSSR count). The molecule has 0 saturated heterocycles. The lowest BCUT2D eigenvalue weighted by Gasteiger charge is -2.18. The second kappa shape index (κ2) is 5.74. The van der Waals surface area contributed by atoms with Gasteiger partial charge in [-0.25, -0.2) is 0 Å². The monoisotopic (exact) mass is 253 g/mol. The molecule has 1 atom stereocenters. The van der Waals surface area contributed by atoms with Crippen LogP contribution in [0, 0.1) is 5.92 Å². The summed E-state index contributed by atoms with van der Waals surface area (Å²) in [6.45, 7) is 3.03. The summed E-state index contributed by atoms with van der Waals surface area (Å²) in [5.41, 5.74) is 1.07. The fourth-order valence-electron chi connectivity index (χ4n) is 2.28. The van der Waals surface area contributed by atoms with E-state index >= 15 is 0 Å². The normalized spacial score (nSPS) is 16.9. The first-order valence-corrected chi connectivity index (χ1v) is 6.68. The number of nitrogens with one attached hydrogen (secondary N) is 1. The number of rotatable bonds is 6. The number of benzene rings is 1. The molecule has 0 heterocycles. The van der Waals surface area contributed by atoms with Crippen LogP contribution in [0.3, 0.4) is 0 Å². The minimum atomic E-state index is 0.621. The summed E-state index contributed by atoms with van der Waals surface area (Å²) in [5.74, 6) is 1.74. The fraction of sp³-hybridized carbons (Fsp3) is 0.571. The second-order valence-corrected chi connectivity index (χ2v) is 5.06. The van der Waals surface area contributed by atoms with Crippen LogP contribution < -0.4 is 10.1 Å². The van der Waals surface area contributed by atoms with Crippen LogP contribution in [0.25, 0.3) is 0 Å². The molecule has 0 aliphatic heterocycles. The van der Waals surface area contributed by atoms with Gasteiger partial charge in [0.1, 0.15) is 5.75 Å². The molecule has 1 saturated carbocycles. The van der Waals surface area contributed by atoms with E-state index in [-0.39, 0.29) is 0 Å². The van der Waals surface area contributed by atoms with Crippen LogP contribution in [0.4, 0.5) is 0 Å². The van der Waals surface area contributed by atoms with E-state index in [9.17, 15) is 0 Å². The zero-order valence-corrected chi connectivity index (χ0v) is 11.3. The molecule has 1 N–H and O–H groups in total. The number of methoxy groups -OCH3 is 1. The smallest absolute Gasteiger partial charge is 0.124 e. The largest absolute Gasteiger partial charge is 0.496 e. The van der Waals surface area contributed by atoms with E-state index in [1.807, 2.05) is 18.2 Å². The van der Waals surface area contributed by atoms with E-state index in [0.29, 0.717) is 6.04 Å². The van der Waals surface area contributed by atoms with Crippen molar-refractivity contribution >= 4 is 11.6 Å². The summed E-state index contributed by atoms with van der Waals surface area (Å²) in [7, 11) is 1.69. The van der Waals surface area contributed by atoms with Gasteiger partial charge in [-0.2, -0.15) is 0 Å². The van der Waals surface area contributed by atoms with Gasteiger partial charge in [-0.05, 0) is 37.3 Å². The Morgan fingerprint density at radius 3 is 2.82 bits per heavy atom. The molecule has 1 aliphatic carbocycles. The summed E-state index contributed by atoms with van der Waals surface area (Å²) < 4.78 is 5.34. The highest BCUT2D eigenvalue weighted by atomic mass is 35.5. The van der Waals surface area contributed by atoms with E-state index < -0.39 is 0 Å². The predicted octanol–water partition coefficient (Wildman–Crippen LogP) is 3.63. The highest BCUT2D eigenvalue weighted by Crippen LogP contribution is 2.34. The standard InChI is InChI=1S/C14H20ClNO/c1-3-13(10-7-8-10)16-9-11-12(15)5-4-6-14(11)17-2/h4-6,10,13,16H,3,7-9H2,1-2H3. The Morgan fingerprint density at radius 2 is 2.24 bits per heavy atom. The van der Waals surface area contributed by atoms with E-state index in [2.05, 4.69) is 12.2 Å². The summed E-state index contributed by atoms with van der Waals surface area (Å²) in [6.07, 6.45) is 3.91. The van der Waals surface area contributed by atoms with Crippen molar-refractivity contribution in [2.45, 2.75) is 38.8 Å². The predicted molar refractivity (Wildman–Crippen MR) is 71.6 cm³/mol. The number of halogens is 1. The Kier molecular flexibility index (Phi) is 4.30. The Hall–Kier alpha value is -0.730.